The molecule has 2 nitrogen and oxygen atoms in total. The van der Waals surface area contributed by atoms with E-state index in [-0.39, 0.29) is 20.1 Å². The van der Waals surface area contributed by atoms with E-state index in [1.54, 1.807) is 0 Å². The molecule has 0 aliphatic carbocycles. The number of nitrogens with zero attached hydrogens (tertiary/aromatic N) is 1. The van der Waals surface area contributed by atoms with Gasteiger partial charge in [-0.3, -0.25) is 0 Å². The van der Waals surface area contributed by atoms with Crippen molar-refractivity contribution < 1.29 is 26.3 Å². The first-order valence-electron chi connectivity index (χ1n) is 5.00. The average Bonchev–Trinajstić information content (AvgIpc) is 2.28. The Morgan fingerprint density at radius 3 is 2.29 bits per heavy atom. The van der Waals surface area contributed by atoms with Crippen molar-refractivity contribution >= 4 is 50.8 Å². The van der Waals surface area contributed by atoms with Crippen LogP contribution in [0, 0.1) is 0 Å². The molecule has 0 bridgehead atoms. The first-order valence-corrected chi connectivity index (χ1v) is 7.16. The van der Waals surface area contributed by atoms with Crippen molar-refractivity contribution in [1.82, 2.24) is 0 Å². The van der Waals surface area contributed by atoms with Gasteiger partial charge in [0.2, 0.25) is 5.84 Å². The predicted molar refractivity (Wildman–Crippen MR) is 73.3 cm³/mol. The maximum absolute atomic E-state index is 12.3. The number of rotatable bonds is 3. The Kier molecular flexibility index (Phi) is 5.84. The second-order valence-electron chi connectivity index (χ2n) is 3.63. The maximum atomic E-state index is 12.3. The zero-order chi connectivity index (χ0) is 16.4. The van der Waals surface area contributed by atoms with Gasteiger partial charge in [-0.25, -0.2) is 4.99 Å². The van der Waals surface area contributed by atoms with Crippen LogP contribution in [0.2, 0.25) is 5.02 Å². The Morgan fingerprint density at radius 1 is 1.24 bits per heavy atom. The molecular formula is C10H6BrClF6N2S. The minimum Gasteiger partial charge on any atom is -0.380 e. The number of aliphatic imine (C=N–C) groups is 1. The summed E-state index contributed by atoms with van der Waals surface area (Å²) in [6, 6.07) is 2.16. The van der Waals surface area contributed by atoms with Crippen LogP contribution in [0.25, 0.3) is 0 Å². The Balaban J connectivity index is 3.12. The summed E-state index contributed by atoms with van der Waals surface area (Å²) in [7, 11) is 0. The van der Waals surface area contributed by atoms with Gasteiger partial charge in [-0.15, -0.1) is 11.8 Å². The maximum Gasteiger partial charge on any atom is 0.448 e. The normalized spacial score (nSPS) is 13.6. The lowest BCUT2D eigenvalue weighted by molar-refractivity contribution is -0.105. The summed E-state index contributed by atoms with van der Waals surface area (Å²) in [5.41, 5.74) is 4.39. The number of thioether (sulfide) groups is 1. The monoisotopic (exact) mass is 414 g/mol. The van der Waals surface area contributed by atoms with Gasteiger partial charge in [0.15, 0.2) is 0 Å². The minimum atomic E-state index is -4.85. The van der Waals surface area contributed by atoms with Gasteiger partial charge in [-0.05, 0) is 28.1 Å². The Labute approximate surface area is 132 Å². The molecule has 0 aliphatic heterocycles. The largest absolute Gasteiger partial charge is 0.448 e. The summed E-state index contributed by atoms with van der Waals surface area (Å²) in [5.74, 6) is -2.84. The molecule has 21 heavy (non-hydrogen) atoms. The average molecular weight is 416 g/mol. The molecule has 0 saturated heterocycles. The van der Waals surface area contributed by atoms with E-state index in [1.165, 1.54) is 0 Å². The summed E-state index contributed by atoms with van der Waals surface area (Å²) >= 11 is 9.06. The molecule has 1 rings (SSSR count). The highest BCUT2D eigenvalue weighted by molar-refractivity contribution is 9.10. The smallest absolute Gasteiger partial charge is 0.380 e. The number of hydrogen-bond acceptors (Lipinski definition) is 2. The lowest BCUT2D eigenvalue weighted by Crippen LogP contribution is -2.30. The molecule has 0 atom stereocenters. The van der Waals surface area contributed by atoms with E-state index in [2.05, 4.69) is 20.9 Å². The summed E-state index contributed by atoms with van der Waals surface area (Å²) in [6.07, 6.45) is -9.27. The fourth-order valence-electron chi connectivity index (χ4n) is 1.07. The minimum absolute atomic E-state index is 0.0467. The molecule has 0 radical (unpaired) electrons. The first kappa shape index (κ1) is 18.4. The topological polar surface area (TPSA) is 38.4 Å². The van der Waals surface area contributed by atoms with E-state index in [4.69, 9.17) is 17.3 Å². The molecule has 1 aromatic rings. The Hall–Kier alpha value is -0.610. The second kappa shape index (κ2) is 6.66. The van der Waals surface area contributed by atoms with Gasteiger partial charge in [-0.2, -0.15) is 26.3 Å². The van der Waals surface area contributed by atoms with Gasteiger partial charge < -0.3 is 5.73 Å². The predicted octanol–water partition coefficient (Wildman–Crippen LogP) is 5.31. The fraction of sp³-hybridized carbons (Fsp3) is 0.300. The lowest BCUT2D eigenvalue weighted by atomic mass is 10.3. The van der Waals surface area contributed by atoms with E-state index >= 15 is 0 Å². The van der Waals surface area contributed by atoms with Crippen LogP contribution in [-0.4, -0.2) is 23.9 Å². The molecule has 0 amide bonds. The van der Waals surface area contributed by atoms with Crippen LogP contribution in [0.4, 0.5) is 32.0 Å². The molecule has 0 spiro atoms. The Bertz CT molecular complexity index is 558. The van der Waals surface area contributed by atoms with Crippen LogP contribution >= 0.6 is 39.3 Å². The second-order valence-corrected chi connectivity index (χ2v) is 5.91. The zero-order valence-corrected chi connectivity index (χ0v) is 13.0. The standard InChI is InChI=1S/C10H6BrClF6N2S/c11-4-1-5(12)6(20-8(19)10(16,17)18)2-7(4)21-3-9(13,14)15/h1-2H,3H2,(H2,19,20). The quantitative estimate of drug-likeness (QED) is 0.315. The van der Waals surface area contributed by atoms with Gasteiger partial charge in [0.05, 0.1) is 16.5 Å². The number of alkyl halides is 6. The van der Waals surface area contributed by atoms with E-state index < -0.39 is 23.9 Å². The van der Waals surface area contributed by atoms with Crippen LogP contribution in [0.1, 0.15) is 0 Å². The summed E-state index contributed by atoms with van der Waals surface area (Å²) in [5, 5.41) is -0.176. The van der Waals surface area contributed by atoms with Crippen molar-refractivity contribution in [3.8, 4) is 0 Å². The van der Waals surface area contributed by atoms with E-state index in [0.29, 0.717) is 11.8 Å². The third kappa shape index (κ3) is 5.95. The molecule has 0 saturated carbocycles. The number of amidine groups is 1. The van der Waals surface area contributed by atoms with E-state index in [9.17, 15) is 26.3 Å². The summed E-state index contributed by atoms with van der Waals surface area (Å²) in [6.45, 7) is 0. The number of nitrogens with two attached hydrogens (primary N) is 1. The van der Waals surface area contributed by atoms with Crippen LogP contribution in [0.15, 0.2) is 26.5 Å². The molecular weight excluding hydrogens is 410 g/mol. The number of hydrogen-bond donors (Lipinski definition) is 1. The summed E-state index contributed by atoms with van der Waals surface area (Å²) < 4.78 is 73.6. The lowest BCUT2D eigenvalue weighted by Gasteiger charge is -2.10. The van der Waals surface area contributed by atoms with Crippen molar-refractivity contribution in [1.29, 1.82) is 0 Å². The van der Waals surface area contributed by atoms with Crippen molar-refractivity contribution in [2.45, 2.75) is 17.2 Å². The fourth-order valence-corrected chi connectivity index (χ4v) is 2.80. The molecule has 0 unspecified atom stereocenters. The Morgan fingerprint density at radius 2 is 1.81 bits per heavy atom. The van der Waals surface area contributed by atoms with Crippen LogP contribution in [0.5, 0.6) is 0 Å². The molecule has 0 aromatic heterocycles. The van der Waals surface area contributed by atoms with Crippen LogP contribution in [-0.2, 0) is 0 Å². The van der Waals surface area contributed by atoms with Crippen molar-refractivity contribution in [3.63, 3.8) is 0 Å². The third-order valence-electron chi connectivity index (χ3n) is 1.92. The number of halogens is 8. The first-order chi connectivity index (χ1) is 9.40. The van der Waals surface area contributed by atoms with Gasteiger partial charge in [0, 0.05) is 9.37 Å². The molecule has 0 aliphatic rings. The zero-order valence-electron chi connectivity index (χ0n) is 9.82. The molecule has 118 valence electrons. The highest BCUT2D eigenvalue weighted by Gasteiger charge is 2.34. The van der Waals surface area contributed by atoms with Gasteiger partial charge in [-0.1, -0.05) is 11.6 Å². The van der Waals surface area contributed by atoms with Crippen molar-refractivity contribution in [2.24, 2.45) is 10.7 Å². The highest BCUT2D eigenvalue weighted by Crippen LogP contribution is 2.39. The molecule has 0 heterocycles. The van der Waals surface area contributed by atoms with Crippen molar-refractivity contribution in [2.75, 3.05) is 5.75 Å². The number of benzene rings is 1. The van der Waals surface area contributed by atoms with Gasteiger partial charge in [0.25, 0.3) is 0 Å². The molecule has 2 N–H and O–H groups in total. The van der Waals surface area contributed by atoms with Crippen LogP contribution < -0.4 is 5.73 Å². The molecule has 1 aromatic carbocycles. The molecule has 0 fully saturated rings. The molecule has 11 heteroatoms. The SMILES string of the molecule is NC(=Nc1cc(SCC(F)(F)F)c(Br)cc1Cl)C(F)(F)F. The van der Waals surface area contributed by atoms with Gasteiger partial charge >= 0.3 is 12.4 Å². The van der Waals surface area contributed by atoms with Crippen LogP contribution in [0.3, 0.4) is 0 Å². The van der Waals surface area contributed by atoms with E-state index in [0.717, 1.165) is 12.1 Å². The third-order valence-corrected chi connectivity index (χ3v) is 4.27. The van der Waals surface area contributed by atoms with E-state index in [1.807, 2.05) is 0 Å². The highest BCUT2D eigenvalue weighted by atomic mass is 79.9. The van der Waals surface area contributed by atoms with Crippen molar-refractivity contribution in [3.05, 3.63) is 21.6 Å². The van der Waals surface area contributed by atoms with Gasteiger partial charge in [0.1, 0.15) is 0 Å². The summed E-state index contributed by atoms with van der Waals surface area (Å²) in [4.78, 5) is 3.14.